The van der Waals surface area contributed by atoms with Crippen molar-refractivity contribution in [1.82, 2.24) is 25.6 Å². The Balaban J connectivity index is 1.36. The van der Waals surface area contributed by atoms with E-state index in [1.54, 1.807) is 43.8 Å². The topological polar surface area (TPSA) is 234 Å². The number of aromatic nitrogens is 3. The second kappa shape index (κ2) is 26.2. The van der Waals surface area contributed by atoms with Crippen molar-refractivity contribution >= 4 is 65.7 Å². The number of benzene rings is 2. The molecule has 0 saturated carbocycles. The number of carbonyl (C=O) groups is 2. The van der Waals surface area contributed by atoms with Gasteiger partial charge in [0.2, 0.25) is 23.5 Å². The van der Waals surface area contributed by atoms with Gasteiger partial charge in [0.15, 0.2) is 0 Å². The molecule has 0 radical (unpaired) electrons. The van der Waals surface area contributed by atoms with Crippen LogP contribution < -0.4 is 35.3 Å². The van der Waals surface area contributed by atoms with Crippen LogP contribution in [-0.4, -0.2) is 95.4 Å². The molecule has 3 aromatic heterocycles. The van der Waals surface area contributed by atoms with Crippen molar-refractivity contribution in [3.63, 3.8) is 0 Å². The zero-order valence-electron chi connectivity index (χ0n) is 38.5. The van der Waals surface area contributed by atoms with Gasteiger partial charge in [-0.15, -0.1) is 0 Å². The Bertz CT molecular complexity index is 2660. The number of hydrogen-bond donors (Lipinski definition) is 5. The predicted molar refractivity (Wildman–Crippen MR) is 269 cm³/mol. The summed E-state index contributed by atoms with van der Waals surface area (Å²) in [5, 5.41) is 25.1. The maximum Gasteiger partial charge on any atom is 0.320 e. The van der Waals surface area contributed by atoms with Crippen molar-refractivity contribution in [2.24, 2.45) is 5.73 Å². The van der Waals surface area contributed by atoms with Crippen molar-refractivity contribution in [3.05, 3.63) is 127 Å². The van der Waals surface area contributed by atoms with Crippen LogP contribution >= 0.6 is 31.9 Å². The highest BCUT2D eigenvalue weighted by molar-refractivity contribution is 9.10. The molecule has 68 heavy (non-hydrogen) atoms. The zero-order chi connectivity index (χ0) is 49.5. The highest BCUT2D eigenvalue weighted by Gasteiger charge is 2.20. The van der Waals surface area contributed by atoms with E-state index in [0.717, 1.165) is 39.7 Å². The highest BCUT2D eigenvalue weighted by Crippen LogP contribution is 2.35. The molecule has 6 N–H and O–H groups in total. The van der Waals surface area contributed by atoms with Gasteiger partial charge in [-0.2, -0.15) is 9.97 Å². The lowest BCUT2D eigenvalue weighted by atomic mass is 9.92. The second-order valence-electron chi connectivity index (χ2n) is 15.8. The smallest absolute Gasteiger partial charge is 0.320 e. The zero-order valence-corrected chi connectivity index (χ0v) is 43.4. The van der Waals surface area contributed by atoms with E-state index in [1.165, 1.54) is 13.2 Å². The molecule has 0 fully saturated rings. The normalized spacial score (nSPS) is 13.8. The van der Waals surface area contributed by atoms with Crippen molar-refractivity contribution in [2.45, 2.75) is 82.8 Å². The fourth-order valence-corrected chi connectivity index (χ4v) is 8.78. The number of aldehydes is 1. The summed E-state index contributed by atoms with van der Waals surface area (Å²) < 4.78 is 50.3. The van der Waals surface area contributed by atoms with E-state index in [1.807, 2.05) is 50.2 Å². The van der Waals surface area contributed by atoms with E-state index < -0.39 is 44.9 Å². The molecule has 364 valence electrons. The molecule has 0 spiro atoms. The SMILES string of the molecule is Cc1c(COc2nc(OC/C(=C/C(CN)S(C)=O)CO)c(CN[C@@H](C)C(=O)O)cc2Br)cccc1-c1cccc(COc2nc(OCc3cncc(S(C)=O)c3)c(CN[C@@H](C)C=O)cc2Br)c1C. The Kier molecular flexibility index (Phi) is 20.8. The van der Waals surface area contributed by atoms with E-state index in [-0.39, 0.29) is 57.9 Å². The van der Waals surface area contributed by atoms with Crippen LogP contribution in [0.2, 0.25) is 0 Å². The number of nitrogens with one attached hydrogen (secondary N) is 2. The number of carboxylic acids is 1. The molecule has 0 bridgehead atoms. The molecular weight excluding hydrogens is 1040 g/mol. The van der Waals surface area contributed by atoms with Crippen LogP contribution in [0, 0.1) is 13.8 Å². The average Bonchev–Trinajstić information content (AvgIpc) is 3.32. The Morgan fingerprint density at radius 3 is 1.84 bits per heavy atom. The Labute approximate surface area is 418 Å². The number of nitrogens with two attached hydrogens (primary N) is 1. The van der Waals surface area contributed by atoms with Gasteiger partial charge >= 0.3 is 5.97 Å². The number of carboxylic acid groups (broad SMARTS) is 1. The molecule has 16 nitrogen and oxygen atoms in total. The number of rotatable bonds is 26. The number of aliphatic hydroxyl groups excluding tert-OH is 1. The van der Waals surface area contributed by atoms with E-state index in [4.69, 9.17) is 29.7 Å². The monoisotopic (exact) mass is 1100 g/mol. The van der Waals surface area contributed by atoms with Gasteiger partial charge in [0.05, 0.1) is 42.5 Å². The van der Waals surface area contributed by atoms with Crippen LogP contribution in [0.5, 0.6) is 23.5 Å². The summed E-state index contributed by atoms with van der Waals surface area (Å²) in [6, 6.07) is 16.1. The third-order valence-corrected chi connectivity index (χ3v) is 14.0. The van der Waals surface area contributed by atoms with Gasteiger partial charge in [0, 0.05) is 72.0 Å². The Hall–Kier alpha value is -4.93. The van der Waals surface area contributed by atoms with E-state index in [2.05, 4.69) is 58.5 Å². The molecule has 20 heteroatoms. The van der Waals surface area contributed by atoms with Crippen LogP contribution in [-0.2, 0) is 64.1 Å². The summed E-state index contributed by atoms with van der Waals surface area (Å²) in [5.41, 5.74) is 14.0. The molecule has 3 heterocycles. The number of hydrogen-bond acceptors (Lipinski definition) is 15. The molecule has 5 aromatic rings. The fraction of sp³-hybridized carbons (Fsp3) is 0.354. The molecule has 0 aliphatic heterocycles. The Morgan fingerprint density at radius 1 is 0.794 bits per heavy atom. The minimum atomic E-state index is -1.26. The van der Waals surface area contributed by atoms with Crippen LogP contribution in [0.4, 0.5) is 0 Å². The lowest BCUT2D eigenvalue weighted by Gasteiger charge is -2.19. The maximum absolute atomic E-state index is 12.1. The van der Waals surface area contributed by atoms with Crippen LogP contribution in [0.25, 0.3) is 11.1 Å². The third-order valence-electron chi connectivity index (χ3n) is 10.8. The first kappa shape index (κ1) is 54.0. The fourth-order valence-electron chi connectivity index (χ4n) is 6.64. The molecule has 0 aliphatic carbocycles. The molecule has 2 aromatic carbocycles. The predicted octanol–water partition coefficient (Wildman–Crippen LogP) is 6.40. The highest BCUT2D eigenvalue weighted by atomic mass is 79.9. The van der Waals surface area contributed by atoms with Gasteiger partial charge in [0.1, 0.15) is 38.8 Å². The van der Waals surface area contributed by atoms with Gasteiger partial charge in [-0.05, 0) is 117 Å². The first-order valence-electron chi connectivity index (χ1n) is 21.4. The average molecular weight is 1100 g/mol. The van der Waals surface area contributed by atoms with Crippen molar-refractivity contribution in [1.29, 1.82) is 0 Å². The summed E-state index contributed by atoms with van der Waals surface area (Å²) in [6.45, 7) is 7.87. The van der Waals surface area contributed by atoms with Crippen LogP contribution in [0.3, 0.4) is 0 Å². The standard InChI is InChI=1S/C48H56Br2N6O10S2/c1-28(22-57)53-19-36-15-42(49)46(55-44(36)63-24-32-13-39(68(6)62)21-52-18-32)65-26-34-9-7-11-40(29(34)2)41-12-8-10-35(30(41)3)27-66-47-43(50)16-37(20-54-31(4)48(59)60)45(56-47)64-25-33(23-58)14-38(17-51)67(5)61/h7-16,18,21-22,28,31,38,53-54,58H,17,19-20,23-27,51H2,1-6H3,(H,59,60)/b33-14+/t28-,31-,38?,67?,68?/m0/s1. The molecule has 5 rings (SSSR count). The second-order valence-corrected chi connectivity index (χ2v) is 20.5. The lowest BCUT2D eigenvalue weighted by Crippen LogP contribution is -2.33. The molecular formula is C48H56Br2N6O10S2. The van der Waals surface area contributed by atoms with Crippen LogP contribution in [0.1, 0.15) is 52.8 Å². The summed E-state index contributed by atoms with van der Waals surface area (Å²) in [7, 11) is -2.47. The number of carbonyl (C=O) groups excluding carboxylic acids is 1. The number of nitrogens with zero attached hydrogens (tertiary/aromatic N) is 3. The summed E-state index contributed by atoms with van der Waals surface area (Å²) in [4.78, 5) is 37.1. The number of pyridine rings is 3. The minimum absolute atomic E-state index is 0.0846. The molecule has 3 unspecified atom stereocenters. The summed E-state index contributed by atoms with van der Waals surface area (Å²) in [6.07, 6.45) is 8.77. The van der Waals surface area contributed by atoms with Gasteiger partial charge in [-0.3, -0.25) is 18.2 Å². The summed E-state index contributed by atoms with van der Waals surface area (Å²) in [5.74, 6) is -0.0211. The van der Waals surface area contributed by atoms with Crippen LogP contribution in [0.15, 0.2) is 92.5 Å². The quantitative estimate of drug-likeness (QED) is 0.0298. The number of aliphatic carboxylic acids is 1. The van der Waals surface area contributed by atoms with Crippen molar-refractivity contribution in [2.75, 3.05) is 32.3 Å². The Morgan fingerprint density at radius 2 is 1.34 bits per heavy atom. The van der Waals surface area contributed by atoms with Crippen molar-refractivity contribution < 1.29 is 47.2 Å². The largest absolute Gasteiger partial charge is 0.480 e. The maximum atomic E-state index is 12.1. The molecule has 5 atom stereocenters. The molecule has 0 saturated heterocycles. The van der Waals surface area contributed by atoms with Gasteiger partial charge in [0.25, 0.3) is 0 Å². The van der Waals surface area contributed by atoms with Crippen molar-refractivity contribution in [3.8, 4) is 34.6 Å². The minimum Gasteiger partial charge on any atom is -0.480 e. The van der Waals surface area contributed by atoms with E-state index >= 15 is 0 Å². The molecule has 0 aliphatic rings. The lowest BCUT2D eigenvalue weighted by molar-refractivity contribution is -0.139. The third kappa shape index (κ3) is 15.0. The number of halogens is 2. The van der Waals surface area contributed by atoms with Gasteiger partial charge in [-0.25, -0.2) is 0 Å². The van der Waals surface area contributed by atoms with E-state index in [9.17, 15) is 28.2 Å². The van der Waals surface area contributed by atoms with Gasteiger partial charge in [-0.1, -0.05) is 42.5 Å². The van der Waals surface area contributed by atoms with E-state index in [0.29, 0.717) is 54.4 Å². The summed E-state index contributed by atoms with van der Waals surface area (Å²) >= 11 is 7.19. The number of ether oxygens (including phenoxy) is 4. The number of aliphatic hydroxyl groups is 1. The first-order valence-corrected chi connectivity index (χ1v) is 26.1. The first-order chi connectivity index (χ1) is 32.5. The van der Waals surface area contributed by atoms with Gasteiger partial charge < -0.3 is 50.3 Å². The molecule has 0 amide bonds.